The summed E-state index contributed by atoms with van der Waals surface area (Å²) in [5.41, 5.74) is 1.75. The highest BCUT2D eigenvalue weighted by Crippen LogP contribution is 2.25. The number of nitrogens with zero attached hydrogens (tertiary/aromatic N) is 6. The van der Waals surface area contributed by atoms with Crippen LogP contribution in [-0.4, -0.2) is 54.5 Å². The molecule has 0 radical (unpaired) electrons. The van der Waals surface area contributed by atoms with E-state index in [-0.39, 0.29) is 0 Å². The maximum Gasteiger partial charge on any atom is 0.242 e. The van der Waals surface area contributed by atoms with E-state index in [1.807, 2.05) is 41.8 Å². The first-order valence-corrected chi connectivity index (χ1v) is 10.0. The summed E-state index contributed by atoms with van der Waals surface area (Å²) in [6.07, 6.45) is 3.78. The Labute approximate surface area is 173 Å². The molecule has 3 aromatic heterocycles. The van der Waals surface area contributed by atoms with Gasteiger partial charge in [0.15, 0.2) is 0 Å². The van der Waals surface area contributed by atoms with Gasteiger partial charge in [-0.15, -0.1) is 0 Å². The van der Waals surface area contributed by atoms with Crippen LogP contribution in [0, 0.1) is 12.8 Å². The van der Waals surface area contributed by atoms with E-state index in [9.17, 15) is 0 Å². The number of hydrogen-bond acceptors (Lipinski definition) is 8. The van der Waals surface area contributed by atoms with Crippen LogP contribution in [-0.2, 0) is 4.74 Å². The fourth-order valence-corrected chi connectivity index (χ4v) is 3.59. The first-order chi connectivity index (χ1) is 14.8. The molecule has 0 aliphatic carbocycles. The predicted octanol–water partition coefficient (Wildman–Crippen LogP) is 2.82. The molecule has 5 rings (SSSR count). The van der Waals surface area contributed by atoms with Crippen molar-refractivity contribution in [1.29, 1.82) is 0 Å². The van der Waals surface area contributed by atoms with Crippen molar-refractivity contribution in [2.24, 2.45) is 5.92 Å². The van der Waals surface area contributed by atoms with Gasteiger partial charge in [-0.25, -0.2) is 9.55 Å². The Hall–Kier alpha value is -3.53. The summed E-state index contributed by atoms with van der Waals surface area (Å²) in [4.78, 5) is 18.5. The zero-order chi connectivity index (χ0) is 20.3. The van der Waals surface area contributed by atoms with Crippen molar-refractivity contribution >= 4 is 28.7 Å². The van der Waals surface area contributed by atoms with Gasteiger partial charge in [0, 0.05) is 25.8 Å². The molecule has 1 saturated heterocycles. The molecule has 3 N–H and O–H groups in total. The number of para-hydroxylation sites is 2. The fourth-order valence-electron chi connectivity index (χ4n) is 3.59. The Morgan fingerprint density at radius 3 is 2.80 bits per heavy atom. The smallest absolute Gasteiger partial charge is 0.242 e. The number of aryl methyl sites for hydroxylation is 1. The third-order valence-electron chi connectivity index (χ3n) is 5.13. The summed E-state index contributed by atoms with van der Waals surface area (Å²) >= 11 is 0. The van der Waals surface area contributed by atoms with Gasteiger partial charge < -0.3 is 15.4 Å². The first-order valence-electron chi connectivity index (χ1n) is 10.0. The summed E-state index contributed by atoms with van der Waals surface area (Å²) in [5, 5.41) is 13.5. The highest BCUT2D eigenvalue weighted by Gasteiger charge is 2.18. The average molecular weight is 405 g/mol. The van der Waals surface area contributed by atoms with Gasteiger partial charge in [0.1, 0.15) is 11.6 Å². The Morgan fingerprint density at radius 2 is 1.97 bits per heavy atom. The van der Waals surface area contributed by atoms with Gasteiger partial charge in [0.2, 0.25) is 17.8 Å². The van der Waals surface area contributed by atoms with Gasteiger partial charge in [-0.2, -0.15) is 20.1 Å². The van der Waals surface area contributed by atoms with Crippen LogP contribution in [0.1, 0.15) is 18.7 Å². The zero-order valence-corrected chi connectivity index (χ0v) is 16.7. The minimum atomic E-state index is 0.507. The van der Waals surface area contributed by atoms with Gasteiger partial charge in [-0.05, 0) is 37.8 Å². The van der Waals surface area contributed by atoms with Crippen LogP contribution in [0.15, 0.2) is 36.5 Å². The number of anilines is 3. The Bertz CT molecular complexity index is 1130. The lowest BCUT2D eigenvalue weighted by Gasteiger charge is -2.22. The van der Waals surface area contributed by atoms with Crippen LogP contribution in [0.2, 0.25) is 0 Å². The first kappa shape index (κ1) is 18.5. The van der Waals surface area contributed by atoms with Crippen molar-refractivity contribution in [3.63, 3.8) is 0 Å². The molecule has 1 aliphatic heterocycles. The SMILES string of the molecule is Cc1nc(NCC2CCOCC2)nc(-n2c(Nc3ccn[nH]3)nc3ccccc32)n1. The predicted molar refractivity (Wildman–Crippen MR) is 113 cm³/mol. The molecule has 4 aromatic rings. The number of fused-ring (bicyclic) bond motifs is 1. The topological polar surface area (TPSA) is 118 Å². The third-order valence-corrected chi connectivity index (χ3v) is 5.13. The highest BCUT2D eigenvalue weighted by atomic mass is 16.5. The highest BCUT2D eigenvalue weighted by molar-refractivity contribution is 5.81. The van der Waals surface area contributed by atoms with Gasteiger partial charge >= 0.3 is 0 Å². The quantitative estimate of drug-likeness (QED) is 0.448. The molecule has 0 atom stereocenters. The minimum Gasteiger partial charge on any atom is -0.381 e. The maximum atomic E-state index is 5.44. The average Bonchev–Trinajstić information content (AvgIpc) is 3.40. The van der Waals surface area contributed by atoms with Crippen molar-refractivity contribution in [3.05, 3.63) is 42.4 Å². The molecule has 0 saturated carbocycles. The summed E-state index contributed by atoms with van der Waals surface area (Å²) < 4.78 is 7.34. The fraction of sp³-hybridized carbons (Fsp3) is 0.350. The summed E-state index contributed by atoms with van der Waals surface area (Å²) in [7, 11) is 0. The molecule has 4 heterocycles. The number of rotatable bonds is 6. The van der Waals surface area contributed by atoms with E-state index in [4.69, 9.17) is 14.7 Å². The lowest BCUT2D eigenvalue weighted by molar-refractivity contribution is 0.0699. The third kappa shape index (κ3) is 3.81. The molecule has 0 amide bonds. The van der Waals surface area contributed by atoms with Crippen LogP contribution in [0.25, 0.3) is 17.0 Å². The number of hydrogen-bond donors (Lipinski definition) is 3. The van der Waals surface area contributed by atoms with Gasteiger partial charge in [-0.1, -0.05) is 12.1 Å². The molecule has 1 aliphatic rings. The normalized spacial score (nSPS) is 14.8. The molecule has 0 unspecified atom stereocenters. The lowest BCUT2D eigenvalue weighted by atomic mass is 10.0. The van der Waals surface area contributed by atoms with Gasteiger partial charge in [0.25, 0.3) is 0 Å². The second-order valence-corrected chi connectivity index (χ2v) is 7.30. The van der Waals surface area contributed by atoms with Crippen LogP contribution in [0.4, 0.5) is 17.7 Å². The van der Waals surface area contributed by atoms with Crippen molar-refractivity contribution in [2.75, 3.05) is 30.4 Å². The number of ether oxygens (including phenoxy) is 1. The number of aromatic amines is 1. The van der Waals surface area contributed by atoms with Crippen molar-refractivity contribution < 1.29 is 4.74 Å². The van der Waals surface area contributed by atoms with E-state index in [1.54, 1.807) is 6.20 Å². The summed E-state index contributed by atoms with van der Waals surface area (Å²) in [5.74, 6) is 3.60. The van der Waals surface area contributed by atoms with Crippen molar-refractivity contribution in [3.8, 4) is 5.95 Å². The Kier molecular flexibility index (Phi) is 4.98. The van der Waals surface area contributed by atoms with E-state index < -0.39 is 0 Å². The molecule has 0 spiro atoms. The van der Waals surface area contributed by atoms with E-state index in [2.05, 4.69) is 30.8 Å². The van der Waals surface area contributed by atoms with Gasteiger partial charge in [-0.3, -0.25) is 5.10 Å². The van der Waals surface area contributed by atoms with E-state index in [0.29, 0.717) is 29.6 Å². The van der Waals surface area contributed by atoms with Crippen molar-refractivity contribution in [1.82, 2.24) is 34.7 Å². The van der Waals surface area contributed by atoms with E-state index in [0.717, 1.165) is 49.5 Å². The molecule has 10 heteroatoms. The minimum absolute atomic E-state index is 0.507. The molecule has 1 fully saturated rings. The Morgan fingerprint density at radius 1 is 1.10 bits per heavy atom. The molecule has 154 valence electrons. The standard InChI is InChI=1S/C20H23N9O/c1-13-23-18(21-12-14-7-10-30-11-8-14)27-19(24-13)29-16-5-3-2-4-15(16)25-20(29)26-17-6-9-22-28-17/h2-6,9,14H,7-8,10-12H2,1H3,(H,21,23,24,27)(H2,22,25,26,28). The number of aromatic nitrogens is 7. The molecular weight excluding hydrogens is 382 g/mol. The summed E-state index contributed by atoms with van der Waals surface area (Å²) in [6, 6.07) is 9.72. The molecule has 10 nitrogen and oxygen atoms in total. The molecule has 30 heavy (non-hydrogen) atoms. The zero-order valence-electron chi connectivity index (χ0n) is 16.7. The van der Waals surface area contributed by atoms with Crippen LogP contribution in [0.5, 0.6) is 0 Å². The maximum absolute atomic E-state index is 5.44. The lowest BCUT2D eigenvalue weighted by Crippen LogP contribution is -2.23. The number of imidazole rings is 1. The molecular formula is C20H23N9O. The summed E-state index contributed by atoms with van der Waals surface area (Å²) in [6.45, 7) is 4.32. The number of benzene rings is 1. The molecule has 0 bridgehead atoms. The second kappa shape index (κ2) is 8.07. The van der Waals surface area contributed by atoms with E-state index >= 15 is 0 Å². The van der Waals surface area contributed by atoms with Crippen molar-refractivity contribution in [2.45, 2.75) is 19.8 Å². The van der Waals surface area contributed by atoms with Gasteiger partial charge in [0.05, 0.1) is 17.2 Å². The van der Waals surface area contributed by atoms with Crippen LogP contribution in [0.3, 0.4) is 0 Å². The number of nitrogens with one attached hydrogen (secondary N) is 3. The largest absolute Gasteiger partial charge is 0.381 e. The second-order valence-electron chi connectivity index (χ2n) is 7.30. The Balaban J connectivity index is 1.50. The van der Waals surface area contributed by atoms with Crippen LogP contribution >= 0.6 is 0 Å². The monoisotopic (exact) mass is 405 g/mol. The molecule has 1 aromatic carbocycles. The van der Waals surface area contributed by atoms with Crippen LogP contribution < -0.4 is 10.6 Å². The van der Waals surface area contributed by atoms with E-state index in [1.165, 1.54) is 0 Å². The number of H-pyrrole nitrogens is 1.